The highest BCUT2D eigenvalue weighted by atomic mass is 79.9. The van der Waals surface area contributed by atoms with E-state index in [4.69, 9.17) is 34.8 Å². The second-order valence-corrected chi connectivity index (χ2v) is 6.14. The minimum Gasteiger partial charge on any atom is -0.288 e. The van der Waals surface area contributed by atoms with Gasteiger partial charge >= 0.3 is 0 Å². The Balaban J connectivity index is 2.53. The van der Waals surface area contributed by atoms with Crippen molar-refractivity contribution >= 4 is 56.5 Å². The molecule has 0 spiro atoms. The Kier molecular flexibility index (Phi) is 4.57. The summed E-state index contributed by atoms with van der Waals surface area (Å²) in [5.41, 5.74) is 1.77. The van der Waals surface area contributed by atoms with Crippen molar-refractivity contribution in [3.63, 3.8) is 0 Å². The van der Waals surface area contributed by atoms with Crippen molar-refractivity contribution in [2.45, 2.75) is 6.92 Å². The molecular weight excluding hydrogens is 370 g/mol. The van der Waals surface area contributed by atoms with Crippen LogP contribution in [0.4, 0.5) is 0 Å². The van der Waals surface area contributed by atoms with Crippen LogP contribution in [0.15, 0.2) is 34.8 Å². The lowest BCUT2D eigenvalue weighted by molar-refractivity contribution is 0.103. The maximum Gasteiger partial charge on any atom is 0.196 e. The van der Waals surface area contributed by atoms with Gasteiger partial charge in [-0.2, -0.15) is 0 Å². The second kappa shape index (κ2) is 5.84. The summed E-state index contributed by atoms with van der Waals surface area (Å²) in [4.78, 5) is 12.4. The van der Waals surface area contributed by atoms with E-state index >= 15 is 0 Å². The van der Waals surface area contributed by atoms with Crippen LogP contribution >= 0.6 is 50.7 Å². The van der Waals surface area contributed by atoms with E-state index in [0.717, 1.165) is 10.0 Å². The lowest BCUT2D eigenvalue weighted by atomic mass is 10.0. The van der Waals surface area contributed by atoms with Gasteiger partial charge in [-0.25, -0.2) is 0 Å². The van der Waals surface area contributed by atoms with E-state index in [1.807, 2.05) is 13.0 Å². The molecule has 0 aliphatic heterocycles. The predicted molar refractivity (Wildman–Crippen MR) is 83.8 cm³/mol. The molecule has 0 saturated heterocycles. The molecule has 0 saturated carbocycles. The molecule has 0 aromatic heterocycles. The summed E-state index contributed by atoms with van der Waals surface area (Å²) in [5, 5.41) is 0.907. The van der Waals surface area contributed by atoms with E-state index in [1.165, 1.54) is 12.1 Å². The van der Waals surface area contributed by atoms with Gasteiger partial charge < -0.3 is 0 Å². The van der Waals surface area contributed by atoms with E-state index in [1.54, 1.807) is 12.1 Å². The fraction of sp³-hybridized carbons (Fsp3) is 0.0714. The Bertz CT molecular complexity index is 645. The van der Waals surface area contributed by atoms with Gasteiger partial charge in [0.1, 0.15) is 0 Å². The van der Waals surface area contributed by atoms with Gasteiger partial charge in [-0.3, -0.25) is 4.79 Å². The molecule has 5 heteroatoms. The first-order chi connectivity index (χ1) is 8.90. The highest BCUT2D eigenvalue weighted by Gasteiger charge is 2.18. The van der Waals surface area contributed by atoms with Gasteiger partial charge in [-0.1, -0.05) is 50.7 Å². The summed E-state index contributed by atoms with van der Waals surface area (Å²) >= 11 is 21.3. The van der Waals surface area contributed by atoms with Crippen LogP contribution in [0.2, 0.25) is 15.1 Å². The molecule has 1 nitrogen and oxygen atoms in total. The molecule has 98 valence electrons. The molecular formula is C14H8BrCl3O. The van der Waals surface area contributed by atoms with Crippen molar-refractivity contribution in [1.29, 1.82) is 0 Å². The largest absolute Gasteiger partial charge is 0.288 e. The number of halogens is 4. The highest BCUT2D eigenvalue weighted by Crippen LogP contribution is 2.31. The number of carbonyl (C=O) groups excluding carboxylic acids is 1. The number of carbonyl (C=O) groups is 1. The van der Waals surface area contributed by atoms with Crippen LogP contribution in [0.3, 0.4) is 0 Å². The summed E-state index contributed by atoms with van der Waals surface area (Å²) < 4.78 is 0.942. The Hall–Kier alpha value is -0.540. The van der Waals surface area contributed by atoms with E-state index < -0.39 is 0 Å². The Morgan fingerprint density at radius 1 is 1.05 bits per heavy atom. The van der Waals surface area contributed by atoms with Gasteiger partial charge in [-0.05, 0) is 42.8 Å². The van der Waals surface area contributed by atoms with Crippen LogP contribution in [0.25, 0.3) is 0 Å². The van der Waals surface area contributed by atoms with Crippen molar-refractivity contribution in [2.24, 2.45) is 0 Å². The Labute approximate surface area is 134 Å². The molecule has 0 radical (unpaired) electrons. The van der Waals surface area contributed by atoms with Crippen LogP contribution in [-0.2, 0) is 0 Å². The summed E-state index contributed by atoms with van der Waals surface area (Å²) in [6.45, 7) is 1.91. The maximum atomic E-state index is 12.4. The Morgan fingerprint density at radius 2 is 1.63 bits per heavy atom. The quantitative estimate of drug-likeness (QED) is 0.590. The number of rotatable bonds is 2. The number of benzene rings is 2. The van der Waals surface area contributed by atoms with E-state index in [2.05, 4.69) is 15.9 Å². The van der Waals surface area contributed by atoms with Gasteiger partial charge in [0.2, 0.25) is 0 Å². The molecule has 0 aliphatic carbocycles. The van der Waals surface area contributed by atoms with Gasteiger partial charge in [0.25, 0.3) is 0 Å². The fourth-order valence-electron chi connectivity index (χ4n) is 1.69. The van der Waals surface area contributed by atoms with Crippen molar-refractivity contribution < 1.29 is 4.79 Å². The van der Waals surface area contributed by atoms with Crippen molar-refractivity contribution in [1.82, 2.24) is 0 Å². The summed E-state index contributed by atoms with van der Waals surface area (Å²) in [6, 6.07) is 8.34. The molecule has 0 bridgehead atoms. The Morgan fingerprint density at radius 3 is 2.16 bits per heavy atom. The third-order valence-corrected chi connectivity index (χ3v) is 4.36. The van der Waals surface area contributed by atoms with Crippen LogP contribution < -0.4 is 0 Å². The third-order valence-electron chi connectivity index (χ3n) is 2.65. The number of ketones is 1. The van der Waals surface area contributed by atoms with E-state index in [9.17, 15) is 4.79 Å². The zero-order chi connectivity index (χ0) is 14.2. The van der Waals surface area contributed by atoms with Crippen LogP contribution in [0, 0.1) is 6.92 Å². The molecule has 0 fully saturated rings. The van der Waals surface area contributed by atoms with Crippen molar-refractivity contribution in [2.75, 3.05) is 0 Å². The van der Waals surface area contributed by atoms with E-state index in [-0.39, 0.29) is 21.4 Å². The molecule has 0 unspecified atom stereocenters. The molecule has 0 amide bonds. The van der Waals surface area contributed by atoms with Crippen LogP contribution in [-0.4, -0.2) is 5.78 Å². The predicted octanol–water partition coefficient (Wildman–Crippen LogP) is 5.95. The van der Waals surface area contributed by atoms with E-state index in [0.29, 0.717) is 10.6 Å². The highest BCUT2D eigenvalue weighted by molar-refractivity contribution is 9.10. The molecule has 19 heavy (non-hydrogen) atoms. The third kappa shape index (κ3) is 3.14. The second-order valence-electron chi connectivity index (χ2n) is 4.04. The van der Waals surface area contributed by atoms with Crippen molar-refractivity contribution in [3.8, 4) is 0 Å². The zero-order valence-electron chi connectivity index (χ0n) is 9.81. The average molecular weight is 378 g/mol. The lowest BCUT2D eigenvalue weighted by Crippen LogP contribution is -2.04. The summed E-state index contributed by atoms with van der Waals surface area (Å²) in [5.74, 6) is -0.220. The topological polar surface area (TPSA) is 17.1 Å². The minimum atomic E-state index is -0.220. The molecule has 2 aromatic rings. The molecule has 2 aromatic carbocycles. The number of aryl methyl sites for hydroxylation is 1. The van der Waals surface area contributed by atoms with Gasteiger partial charge in [0, 0.05) is 15.1 Å². The zero-order valence-corrected chi connectivity index (χ0v) is 13.7. The van der Waals surface area contributed by atoms with Gasteiger partial charge in [-0.15, -0.1) is 0 Å². The minimum absolute atomic E-state index is 0.220. The smallest absolute Gasteiger partial charge is 0.196 e. The summed E-state index contributed by atoms with van der Waals surface area (Å²) in [6.07, 6.45) is 0. The first-order valence-electron chi connectivity index (χ1n) is 5.35. The number of hydrogen-bond acceptors (Lipinski definition) is 1. The molecule has 0 atom stereocenters. The number of hydrogen-bond donors (Lipinski definition) is 0. The fourth-order valence-corrected chi connectivity index (χ4v) is 2.92. The lowest BCUT2D eigenvalue weighted by Gasteiger charge is -2.08. The normalized spacial score (nSPS) is 10.6. The van der Waals surface area contributed by atoms with Gasteiger partial charge in [0.05, 0.1) is 15.6 Å². The van der Waals surface area contributed by atoms with Crippen molar-refractivity contribution in [3.05, 3.63) is 66.6 Å². The molecule has 0 N–H and O–H groups in total. The standard InChI is InChI=1S/C14H8BrCl3O/c1-7-4-8(2-3-10(7)15)14(19)13-11(17)5-9(16)6-12(13)18/h2-6H,1H3. The van der Waals surface area contributed by atoms with Gasteiger partial charge in [0.15, 0.2) is 5.78 Å². The molecule has 2 rings (SSSR count). The average Bonchev–Trinajstić information content (AvgIpc) is 2.31. The molecule has 0 heterocycles. The first kappa shape index (κ1) is 14.9. The summed E-state index contributed by atoms with van der Waals surface area (Å²) in [7, 11) is 0. The maximum absolute atomic E-state index is 12.4. The SMILES string of the molecule is Cc1cc(C(=O)c2c(Cl)cc(Cl)cc2Cl)ccc1Br. The monoisotopic (exact) mass is 376 g/mol. The van der Waals surface area contributed by atoms with Crippen LogP contribution in [0.5, 0.6) is 0 Å². The first-order valence-corrected chi connectivity index (χ1v) is 7.28. The molecule has 0 aliphatic rings. The van der Waals surface area contributed by atoms with Crippen LogP contribution in [0.1, 0.15) is 21.5 Å².